The first kappa shape index (κ1) is 17.3. The Morgan fingerprint density at radius 3 is 3.00 bits per heavy atom. The lowest BCUT2D eigenvalue weighted by Crippen LogP contribution is -2.41. The second-order valence-electron chi connectivity index (χ2n) is 6.78. The van der Waals surface area contributed by atoms with Crippen LogP contribution in [0.4, 0.5) is 10.5 Å². The van der Waals surface area contributed by atoms with Gasteiger partial charge in [0.05, 0.1) is 18.5 Å². The van der Waals surface area contributed by atoms with Crippen LogP contribution in [-0.2, 0) is 0 Å². The van der Waals surface area contributed by atoms with Crippen LogP contribution in [0.3, 0.4) is 0 Å². The molecule has 0 spiro atoms. The molecule has 1 aliphatic rings. The van der Waals surface area contributed by atoms with Crippen LogP contribution in [0.25, 0.3) is 0 Å². The van der Waals surface area contributed by atoms with E-state index in [9.17, 15) is 4.79 Å². The molecule has 0 aliphatic carbocycles. The number of pyridine rings is 1. The maximum Gasteiger partial charge on any atom is 0.321 e. The summed E-state index contributed by atoms with van der Waals surface area (Å²) in [6.07, 6.45) is 7.22. The fourth-order valence-electron chi connectivity index (χ4n) is 2.88. The van der Waals surface area contributed by atoms with Crippen LogP contribution in [0, 0.1) is 5.92 Å². The molecule has 1 atom stereocenters. The SMILES string of the molecule is CC(C)COc1ccc(NC(=O)N2CCC[C@@H](c3ncc[nH]3)C2)cn1. The number of rotatable bonds is 5. The molecule has 1 fully saturated rings. The van der Waals surface area contributed by atoms with Crippen LogP contribution in [0.5, 0.6) is 5.88 Å². The topological polar surface area (TPSA) is 83.1 Å². The van der Waals surface area contributed by atoms with E-state index in [1.807, 2.05) is 17.2 Å². The summed E-state index contributed by atoms with van der Waals surface area (Å²) in [6.45, 7) is 6.22. The Kier molecular flexibility index (Phi) is 5.53. The largest absolute Gasteiger partial charge is 0.477 e. The standard InChI is InChI=1S/C18H25N5O2/c1-13(2)12-25-16-6-5-15(10-21-16)22-18(24)23-9-3-4-14(11-23)17-19-7-8-20-17/h5-8,10,13-14H,3-4,9,11-12H2,1-2H3,(H,19,20)(H,22,24)/t14-/m1/s1. The minimum atomic E-state index is -0.103. The molecule has 2 aromatic heterocycles. The third-order valence-corrected chi connectivity index (χ3v) is 4.17. The van der Waals surface area contributed by atoms with Crippen LogP contribution in [0.1, 0.15) is 38.4 Å². The monoisotopic (exact) mass is 343 g/mol. The Morgan fingerprint density at radius 2 is 2.32 bits per heavy atom. The predicted octanol–water partition coefficient (Wildman–Crippen LogP) is 3.25. The summed E-state index contributed by atoms with van der Waals surface area (Å²) in [5.74, 6) is 2.23. The molecule has 2 N–H and O–H groups in total. The van der Waals surface area contributed by atoms with Gasteiger partial charge in [-0.2, -0.15) is 0 Å². The van der Waals surface area contributed by atoms with E-state index < -0.39 is 0 Å². The normalized spacial score (nSPS) is 17.6. The Bertz CT molecular complexity index is 669. The summed E-state index contributed by atoms with van der Waals surface area (Å²) in [4.78, 5) is 26.0. The zero-order valence-corrected chi connectivity index (χ0v) is 14.7. The van der Waals surface area contributed by atoms with Gasteiger partial charge in [0.25, 0.3) is 0 Å². The minimum absolute atomic E-state index is 0.103. The van der Waals surface area contributed by atoms with Gasteiger partial charge < -0.3 is 19.9 Å². The van der Waals surface area contributed by atoms with E-state index in [0.717, 1.165) is 25.2 Å². The van der Waals surface area contributed by atoms with Gasteiger partial charge in [0.15, 0.2) is 0 Å². The highest BCUT2D eigenvalue weighted by Gasteiger charge is 2.26. The number of hydrogen-bond acceptors (Lipinski definition) is 4. The van der Waals surface area contributed by atoms with Crippen LogP contribution in [-0.4, -0.2) is 45.6 Å². The molecule has 0 saturated carbocycles. The first-order chi connectivity index (χ1) is 12.1. The summed E-state index contributed by atoms with van der Waals surface area (Å²) in [5.41, 5.74) is 0.669. The van der Waals surface area contributed by atoms with Gasteiger partial charge in [-0.15, -0.1) is 0 Å². The molecule has 0 aromatic carbocycles. The summed E-state index contributed by atoms with van der Waals surface area (Å²) in [7, 11) is 0. The third-order valence-electron chi connectivity index (χ3n) is 4.17. The number of aromatic amines is 1. The summed E-state index contributed by atoms with van der Waals surface area (Å²) >= 11 is 0. The van der Waals surface area contributed by atoms with Crippen LogP contribution >= 0.6 is 0 Å². The van der Waals surface area contributed by atoms with E-state index in [-0.39, 0.29) is 11.9 Å². The average molecular weight is 343 g/mol. The van der Waals surface area contributed by atoms with Crippen molar-refractivity contribution in [2.45, 2.75) is 32.6 Å². The first-order valence-corrected chi connectivity index (χ1v) is 8.76. The molecule has 2 amide bonds. The Morgan fingerprint density at radius 1 is 1.44 bits per heavy atom. The van der Waals surface area contributed by atoms with Crippen molar-refractivity contribution >= 4 is 11.7 Å². The van der Waals surface area contributed by atoms with Gasteiger partial charge in [0.2, 0.25) is 5.88 Å². The fraction of sp³-hybridized carbons (Fsp3) is 0.500. The van der Waals surface area contributed by atoms with E-state index >= 15 is 0 Å². The zero-order valence-electron chi connectivity index (χ0n) is 14.7. The molecule has 0 bridgehead atoms. The predicted molar refractivity (Wildman–Crippen MR) is 95.7 cm³/mol. The van der Waals surface area contributed by atoms with Crippen LogP contribution < -0.4 is 10.1 Å². The number of nitrogens with zero attached hydrogens (tertiary/aromatic N) is 3. The maximum atomic E-state index is 12.5. The molecule has 0 unspecified atom stereocenters. The van der Waals surface area contributed by atoms with Gasteiger partial charge in [-0.05, 0) is 24.8 Å². The molecule has 134 valence electrons. The van der Waals surface area contributed by atoms with Crippen molar-refractivity contribution in [2.75, 3.05) is 25.0 Å². The highest BCUT2D eigenvalue weighted by Crippen LogP contribution is 2.24. The van der Waals surface area contributed by atoms with Gasteiger partial charge in [0, 0.05) is 37.5 Å². The van der Waals surface area contributed by atoms with Gasteiger partial charge in [-0.25, -0.2) is 14.8 Å². The molecule has 7 nitrogen and oxygen atoms in total. The molecule has 3 rings (SSSR count). The number of carbonyl (C=O) groups is 1. The fourth-order valence-corrected chi connectivity index (χ4v) is 2.88. The highest BCUT2D eigenvalue weighted by atomic mass is 16.5. The molecule has 7 heteroatoms. The molecule has 0 radical (unpaired) electrons. The molecule has 3 heterocycles. The van der Waals surface area contributed by atoms with Crippen molar-refractivity contribution in [3.8, 4) is 5.88 Å². The molecule has 25 heavy (non-hydrogen) atoms. The zero-order chi connectivity index (χ0) is 17.6. The van der Waals surface area contributed by atoms with Crippen molar-refractivity contribution in [1.82, 2.24) is 19.9 Å². The van der Waals surface area contributed by atoms with Gasteiger partial charge in [0.1, 0.15) is 5.82 Å². The lowest BCUT2D eigenvalue weighted by molar-refractivity contribution is 0.191. The number of piperidine rings is 1. The number of ether oxygens (including phenoxy) is 1. The van der Waals surface area contributed by atoms with Gasteiger partial charge >= 0.3 is 6.03 Å². The number of aromatic nitrogens is 3. The van der Waals surface area contributed by atoms with Crippen LogP contribution in [0.15, 0.2) is 30.7 Å². The quantitative estimate of drug-likeness (QED) is 0.873. The maximum absolute atomic E-state index is 12.5. The number of amides is 2. The molecular weight excluding hydrogens is 318 g/mol. The smallest absolute Gasteiger partial charge is 0.321 e. The third kappa shape index (κ3) is 4.71. The van der Waals surface area contributed by atoms with Crippen molar-refractivity contribution < 1.29 is 9.53 Å². The number of imidazole rings is 1. The second-order valence-corrected chi connectivity index (χ2v) is 6.78. The van der Waals surface area contributed by atoms with E-state index in [0.29, 0.717) is 30.6 Å². The van der Waals surface area contributed by atoms with E-state index in [1.165, 1.54) is 0 Å². The number of urea groups is 1. The number of carbonyl (C=O) groups excluding carboxylic acids is 1. The number of likely N-dealkylation sites (tertiary alicyclic amines) is 1. The van der Waals surface area contributed by atoms with Gasteiger partial charge in [-0.1, -0.05) is 13.8 Å². The summed E-state index contributed by atoms with van der Waals surface area (Å²) < 4.78 is 5.55. The van der Waals surface area contributed by atoms with Crippen molar-refractivity contribution in [1.29, 1.82) is 0 Å². The summed E-state index contributed by atoms with van der Waals surface area (Å²) in [5, 5.41) is 2.91. The molecule has 1 aliphatic heterocycles. The Hall–Kier alpha value is -2.57. The number of nitrogens with one attached hydrogen (secondary N) is 2. The van der Waals surface area contributed by atoms with Crippen molar-refractivity contribution in [2.24, 2.45) is 5.92 Å². The highest BCUT2D eigenvalue weighted by molar-refractivity contribution is 5.89. The lowest BCUT2D eigenvalue weighted by Gasteiger charge is -2.31. The van der Waals surface area contributed by atoms with Gasteiger partial charge in [-0.3, -0.25) is 0 Å². The molecular formula is C18H25N5O2. The van der Waals surface area contributed by atoms with Crippen molar-refractivity contribution in [3.05, 3.63) is 36.5 Å². The number of H-pyrrole nitrogens is 1. The Balaban J connectivity index is 1.54. The van der Waals surface area contributed by atoms with Crippen molar-refractivity contribution in [3.63, 3.8) is 0 Å². The molecule has 2 aromatic rings. The average Bonchev–Trinajstić information content (AvgIpc) is 3.16. The first-order valence-electron chi connectivity index (χ1n) is 8.76. The lowest BCUT2D eigenvalue weighted by atomic mass is 9.98. The van der Waals surface area contributed by atoms with E-state index in [1.54, 1.807) is 18.5 Å². The second kappa shape index (κ2) is 8.00. The minimum Gasteiger partial charge on any atom is -0.477 e. The number of hydrogen-bond donors (Lipinski definition) is 2. The van der Waals surface area contributed by atoms with E-state index in [2.05, 4.69) is 34.1 Å². The number of anilines is 1. The van der Waals surface area contributed by atoms with Crippen LogP contribution in [0.2, 0.25) is 0 Å². The summed E-state index contributed by atoms with van der Waals surface area (Å²) in [6, 6.07) is 3.49. The Labute approximate surface area is 147 Å². The molecule has 1 saturated heterocycles. The van der Waals surface area contributed by atoms with E-state index in [4.69, 9.17) is 4.74 Å².